The first kappa shape index (κ1) is 20.2. The van der Waals surface area contributed by atoms with Crippen molar-refractivity contribution in [2.45, 2.75) is 19.3 Å². The first-order chi connectivity index (χ1) is 14.0. The molecule has 150 valence electrons. The topological polar surface area (TPSA) is 92.8 Å². The fraction of sp³-hybridized carbons (Fsp3) is 0.238. The van der Waals surface area contributed by atoms with Gasteiger partial charge in [-0.3, -0.25) is 19.3 Å². The van der Waals surface area contributed by atoms with Gasteiger partial charge < -0.3 is 10.1 Å². The van der Waals surface area contributed by atoms with Gasteiger partial charge in [0.05, 0.1) is 11.3 Å². The number of ether oxygens (including phenoxy) is 1. The number of halogens is 1. The van der Waals surface area contributed by atoms with Crippen LogP contribution < -0.4 is 10.2 Å². The van der Waals surface area contributed by atoms with Crippen LogP contribution in [0.25, 0.3) is 0 Å². The Morgan fingerprint density at radius 1 is 1.03 bits per heavy atom. The number of rotatable bonds is 7. The number of carbonyl (C=O) groups excluding carboxylic acids is 4. The smallest absolute Gasteiger partial charge is 0.338 e. The van der Waals surface area contributed by atoms with Gasteiger partial charge in [0.15, 0.2) is 6.61 Å². The van der Waals surface area contributed by atoms with Crippen LogP contribution in [0.4, 0.5) is 10.1 Å². The molecule has 0 bridgehead atoms. The van der Waals surface area contributed by atoms with Gasteiger partial charge in [-0.05, 0) is 36.2 Å². The van der Waals surface area contributed by atoms with Crippen LogP contribution in [0, 0.1) is 5.82 Å². The zero-order chi connectivity index (χ0) is 20.8. The molecule has 8 heteroatoms. The Hall–Kier alpha value is -3.55. The third kappa shape index (κ3) is 5.04. The number of imide groups is 1. The molecule has 0 unspecified atom stereocenters. The molecule has 1 saturated heterocycles. The summed E-state index contributed by atoms with van der Waals surface area (Å²) in [5.74, 6) is -2.27. The van der Waals surface area contributed by atoms with Crippen molar-refractivity contribution in [3.8, 4) is 0 Å². The molecule has 3 rings (SSSR count). The monoisotopic (exact) mass is 398 g/mol. The van der Waals surface area contributed by atoms with E-state index in [1.54, 1.807) is 24.3 Å². The number of hydrogen-bond donors (Lipinski definition) is 1. The first-order valence-corrected chi connectivity index (χ1v) is 9.09. The normalized spacial score (nSPS) is 13.5. The Morgan fingerprint density at radius 3 is 2.48 bits per heavy atom. The van der Waals surface area contributed by atoms with Crippen molar-refractivity contribution in [1.82, 2.24) is 5.32 Å². The Bertz CT molecular complexity index is 944. The molecule has 3 amide bonds. The minimum Gasteiger partial charge on any atom is -0.452 e. The largest absolute Gasteiger partial charge is 0.452 e. The maximum absolute atomic E-state index is 13.5. The van der Waals surface area contributed by atoms with Gasteiger partial charge in [-0.25, -0.2) is 9.18 Å². The lowest BCUT2D eigenvalue weighted by Crippen LogP contribution is -2.31. The summed E-state index contributed by atoms with van der Waals surface area (Å²) in [6.07, 6.45) is 0.591. The van der Waals surface area contributed by atoms with Gasteiger partial charge in [-0.15, -0.1) is 0 Å². The van der Waals surface area contributed by atoms with E-state index >= 15 is 0 Å². The van der Waals surface area contributed by atoms with Crippen molar-refractivity contribution in [2.24, 2.45) is 0 Å². The molecule has 0 aromatic heterocycles. The SMILES string of the molecule is O=C(COC(=O)c1cccc(N2C(=O)CCC2=O)c1)NCCc1ccccc1F. The number of anilines is 1. The molecule has 0 atom stereocenters. The molecule has 7 nitrogen and oxygen atoms in total. The molecule has 29 heavy (non-hydrogen) atoms. The molecular formula is C21H19FN2O5. The number of carbonyl (C=O) groups is 4. The maximum Gasteiger partial charge on any atom is 0.338 e. The minimum absolute atomic E-state index is 0.120. The van der Waals surface area contributed by atoms with E-state index < -0.39 is 18.5 Å². The summed E-state index contributed by atoms with van der Waals surface area (Å²) >= 11 is 0. The lowest BCUT2D eigenvalue weighted by atomic mass is 10.1. The molecule has 1 heterocycles. The molecule has 1 aliphatic rings. The fourth-order valence-electron chi connectivity index (χ4n) is 2.94. The summed E-state index contributed by atoms with van der Waals surface area (Å²) in [6.45, 7) is -0.298. The molecule has 0 saturated carbocycles. The molecular weight excluding hydrogens is 379 g/mol. The van der Waals surface area contributed by atoms with Crippen molar-refractivity contribution in [1.29, 1.82) is 0 Å². The Kier molecular flexibility index (Phi) is 6.33. The Balaban J connectivity index is 1.49. The summed E-state index contributed by atoms with van der Waals surface area (Å²) < 4.78 is 18.5. The number of esters is 1. The van der Waals surface area contributed by atoms with E-state index in [4.69, 9.17) is 4.74 Å². The van der Waals surface area contributed by atoms with Crippen LogP contribution >= 0.6 is 0 Å². The molecule has 2 aromatic rings. The van der Waals surface area contributed by atoms with E-state index in [0.29, 0.717) is 17.7 Å². The van der Waals surface area contributed by atoms with Crippen LogP contribution in [-0.4, -0.2) is 36.8 Å². The van der Waals surface area contributed by atoms with E-state index in [2.05, 4.69) is 5.32 Å². The molecule has 0 aliphatic carbocycles. The van der Waals surface area contributed by atoms with E-state index in [-0.39, 0.29) is 42.6 Å². The van der Waals surface area contributed by atoms with Crippen LogP contribution in [-0.2, 0) is 25.5 Å². The van der Waals surface area contributed by atoms with Crippen LogP contribution in [0.15, 0.2) is 48.5 Å². The van der Waals surface area contributed by atoms with Crippen molar-refractivity contribution in [3.63, 3.8) is 0 Å². The van der Waals surface area contributed by atoms with Gasteiger partial charge in [-0.2, -0.15) is 0 Å². The number of hydrogen-bond acceptors (Lipinski definition) is 5. The lowest BCUT2D eigenvalue weighted by molar-refractivity contribution is -0.124. The van der Waals surface area contributed by atoms with Crippen molar-refractivity contribution in [2.75, 3.05) is 18.1 Å². The van der Waals surface area contributed by atoms with Crippen LogP contribution in [0.5, 0.6) is 0 Å². The van der Waals surface area contributed by atoms with Gasteiger partial charge in [-0.1, -0.05) is 24.3 Å². The number of nitrogens with zero attached hydrogens (tertiary/aromatic N) is 1. The zero-order valence-corrected chi connectivity index (χ0v) is 15.5. The Labute approximate surface area is 166 Å². The quantitative estimate of drug-likeness (QED) is 0.569. The van der Waals surface area contributed by atoms with Crippen molar-refractivity contribution >= 4 is 29.4 Å². The van der Waals surface area contributed by atoms with Crippen LogP contribution in [0.3, 0.4) is 0 Å². The van der Waals surface area contributed by atoms with Crippen LogP contribution in [0.1, 0.15) is 28.8 Å². The van der Waals surface area contributed by atoms with E-state index in [1.165, 1.54) is 24.3 Å². The lowest BCUT2D eigenvalue weighted by Gasteiger charge is -2.14. The highest BCUT2D eigenvalue weighted by atomic mass is 19.1. The highest BCUT2D eigenvalue weighted by Gasteiger charge is 2.30. The zero-order valence-electron chi connectivity index (χ0n) is 15.5. The molecule has 0 radical (unpaired) electrons. The molecule has 2 aromatic carbocycles. The number of nitrogens with one attached hydrogen (secondary N) is 1. The standard InChI is InChI=1S/C21H19FN2O5/c22-17-7-2-1-4-14(17)10-11-23-18(25)13-29-21(28)15-5-3-6-16(12-15)24-19(26)8-9-20(24)27/h1-7,12H,8-11,13H2,(H,23,25). The summed E-state index contributed by atoms with van der Waals surface area (Å²) in [5, 5.41) is 2.55. The second-order valence-corrected chi connectivity index (χ2v) is 6.44. The summed E-state index contributed by atoms with van der Waals surface area (Å²) in [5.41, 5.74) is 0.892. The third-order valence-electron chi connectivity index (χ3n) is 4.40. The summed E-state index contributed by atoms with van der Waals surface area (Å²) in [4.78, 5) is 48.7. The fourth-order valence-corrected chi connectivity index (χ4v) is 2.94. The van der Waals surface area contributed by atoms with Crippen molar-refractivity contribution < 1.29 is 28.3 Å². The van der Waals surface area contributed by atoms with Crippen molar-refractivity contribution in [3.05, 3.63) is 65.5 Å². The molecule has 1 N–H and O–H groups in total. The van der Waals surface area contributed by atoms with Gasteiger partial charge >= 0.3 is 5.97 Å². The van der Waals surface area contributed by atoms with E-state index in [9.17, 15) is 23.6 Å². The predicted molar refractivity (Wildman–Crippen MR) is 102 cm³/mol. The molecule has 1 aliphatic heterocycles. The number of benzene rings is 2. The third-order valence-corrected chi connectivity index (χ3v) is 4.40. The second-order valence-electron chi connectivity index (χ2n) is 6.44. The average molecular weight is 398 g/mol. The average Bonchev–Trinajstić information content (AvgIpc) is 3.06. The molecule has 1 fully saturated rings. The summed E-state index contributed by atoms with van der Waals surface area (Å²) in [6, 6.07) is 12.2. The van der Waals surface area contributed by atoms with E-state index in [0.717, 1.165) is 4.90 Å². The van der Waals surface area contributed by atoms with Gasteiger partial charge in [0, 0.05) is 19.4 Å². The minimum atomic E-state index is -0.754. The van der Waals surface area contributed by atoms with E-state index in [1.807, 2.05) is 0 Å². The Morgan fingerprint density at radius 2 is 1.76 bits per heavy atom. The van der Waals surface area contributed by atoms with Crippen LogP contribution in [0.2, 0.25) is 0 Å². The maximum atomic E-state index is 13.5. The first-order valence-electron chi connectivity index (χ1n) is 9.09. The number of amides is 3. The second kappa shape index (κ2) is 9.09. The highest BCUT2D eigenvalue weighted by Crippen LogP contribution is 2.23. The highest BCUT2D eigenvalue weighted by molar-refractivity contribution is 6.20. The summed E-state index contributed by atoms with van der Waals surface area (Å²) in [7, 11) is 0. The predicted octanol–water partition coefficient (Wildman–Crippen LogP) is 1.99. The van der Waals surface area contributed by atoms with Gasteiger partial charge in [0.25, 0.3) is 5.91 Å². The molecule has 0 spiro atoms. The van der Waals surface area contributed by atoms with Gasteiger partial charge in [0.1, 0.15) is 5.82 Å². The van der Waals surface area contributed by atoms with Gasteiger partial charge in [0.2, 0.25) is 11.8 Å².